The van der Waals surface area contributed by atoms with Crippen molar-refractivity contribution in [1.82, 2.24) is 14.1 Å². The normalized spacial score (nSPS) is 12.8. The number of hydrogen-bond donors (Lipinski definition) is 2. The summed E-state index contributed by atoms with van der Waals surface area (Å²) in [4.78, 5) is 0.0985. The monoisotopic (exact) mass is 431 g/mol. The number of rotatable bonds is 8. The van der Waals surface area contributed by atoms with Gasteiger partial charge in [-0.3, -0.25) is 4.68 Å². The number of quaternary nitrogens is 1. The van der Waals surface area contributed by atoms with Crippen molar-refractivity contribution in [3.05, 3.63) is 57.6 Å². The molecule has 0 spiro atoms. The van der Waals surface area contributed by atoms with Gasteiger partial charge in [-0.15, -0.1) is 0 Å². The van der Waals surface area contributed by atoms with E-state index in [1.54, 1.807) is 13.0 Å². The van der Waals surface area contributed by atoms with E-state index in [0.29, 0.717) is 34.9 Å². The highest BCUT2D eigenvalue weighted by Crippen LogP contribution is 2.27. The molecule has 1 heterocycles. The fourth-order valence-electron chi connectivity index (χ4n) is 2.80. The topological polar surface area (TPSA) is 103 Å². The third kappa shape index (κ3) is 4.79. The fraction of sp³-hybridized carbons (Fsp3) is 0.389. The second-order valence-electron chi connectivity index (χ2n) is 6.48. The van der Waals surface area contributed by atoms with Crippen molar-refractivity contribution in [3.63, 3.8) is 0 Å². The highest BCUT2D eigenvalue weighted by atomic mass is 35.5. The number of aliphatic hydroxyl groups excluding tert-OH is 1. The van der Waals surface area contributed by atoms with Crippen LogP contribution in [0, 0.1) is 6.92 Å². The number of sulfonamides is 1. The number of nitrogens with zero attached hydrogens (tertiary/aromatic N) is 3. The van der Waals surface area contributed by atoms with Crippen LogP contribution in [0.25, 0.3) is 0 Å². The van der Waals surface area contributed by atoms with E-state index in [4.69, 9.17) is 11.6 Å². The van der Waals surface area contributed by atoms with Crippen LogP contribution in [0.4, 0.5) is 4.39 Å². The molecule has 154 valence electrons. The molecule has 0 aliphatic carbocycles. The Kier molecular flexibility index (Phi) is 7.35. The first kappa shape index (κ1) is 22.5. The van der Waals surface area contributed by atoms with E-state index in [1.165, 1.54) is 37.0 Å². The zero-order valence-electron chi connectivity index (χ0n) is 16.1. The summed E-state index contributed by atoms with van der Waals surface area (Å²) < 4.78 is 40.9. The van der Waals surface area contributed by atoms with E-state index in [0.717, 1.165) is 9.87 Å². The van der Waals surface area contributed by atoms with Crippen molar-refractivity contribution >= 4 is 21.6 Å². The third-order valence-corrected chi connectivity index (χ3v) is 6.52. The zero-order valence-corrected chi connectivity index (χ0v) is 17.7. The van der Waals surface area contributed by atoms with Crippen molar-refractivity contribution in [2.75, 3.05) is 20.6 Å². The predicted octanol–water partition coefficient (Wildman–Crippen LogP) is 1.27. The molecule has 0 amide bonds. The highest BCUT2D eigenvalue weighted by molar-refractivity contribution is 7.89. The van der Waals surface area contributed by atoms with Gasteiger partial charge in [-0.05, 0) is 24.6 Å². The lowest BCUT2D eigenvalue weighted by Crippen LogP contribution is -2.49. The SMILES string of the molecule is Cc1nn(C/C(F)=C/C[NH3+])c(CO)c1Cc1ccc(S(=O)(=O)N(C)C)cc1Cl. The smallest absolute Gasteiger partial charge is 0.242 e. The molecule has 4 N–H and O–H groups in total. The summed E-state index contributed by atoms with van der Waals surface area (Å²) in [5.74, 6) is -0.380. The van der Waals surface area contributed by atoms with Crippen LogP contribution in [0.15, 0.2) is 35.0 Å². The molecule has 10 heteroatoms. The van der Waals surface area contributed by atoms with Gasteiger partial charge in [0.1, 0.15) is 5.83 Å². The first-order valence-electron chi connectivity index (χ1n) is 8.62. The lowest BCUT2D eigenvalue weighted by Gasteiger charge is -2.13. The van der Waals surface area contributed by atoms with Gasteiger partial charge in [-0.2, -0.15) is 5.10 Å². The molecule has 0 saturated heterocycles. The Hall–Kier alpha value is -1.78. The number of halogens is 2. The van der Waals surface area contributed by atoms with E-state index >= 15 is 0 Å². The Bertz CT molecular complexity index is 987. The van der Waals surface area contributed by atoms with Gasteiger partial charge in [0, 0.05) is 37.2 Å². The van der Waals surface area contributed by atoms with Crippen LogP contribution >= 0.6 is 11.6 Å². The first-order valence-corrected chi connectivity index (χ1v) is 10.4. The molecule has 0 saturated carbocycles. The Labute approximate surface area is 169 Å². The summed E-state index contributed by atoms with van der Waals surface area (Å²) in [6.45, 7) is 1.70. The van der Waals surface area contributed by atoms with Crippen LogP contribution < -0.4 is 5.73 Å². The molecule has 1 aromatic carbocycles. The summed E-state index contributed by atoms with van der Waals surface area (Å²) in [5.41, 5.74) is 6.13. The lowest BCUT2D eigenvalue weighted by atomic mass is 10.0. The molecule has 28 heavy (non-hydrogen) atoms. The minimum absolute atomic E-state index is 0.0833. The second kappa shape index (κ2) is 9.15. The van der Waals surface area contributed by atoms with Crippen LogP contribution in [0.3, 0.4) is 0 Å². The van der Waals surface area contributed by atoms with E-state index in [2.05, 4.69) is 10.8 Å². The van der Waals surface area contributed by atoms with Crippen LogP contribution in [-0.4, -0.2) is 48.3 Å². The molecule has 7 nitrogen and oxygen atoms in total. The molecule has 0 unspecified atom stereocenters. The van der Waals surface area contributed by atoms with Gasteiger partial charge >= 0.3 is 0 Å². The van der Waals surface area contributed by atoms with E-state index < -0.39 is 10.0 Å². The molecule has 0 aliphatic rings. The maximum atomic E-state index is 13.9. The summed E-state index contributed by atoms with van der Waals surface area (Å²) in [6, 6.07) is 4.53. The number of benzene rings is 1. The number of aryl methyl sites for hydroxylation is 1. The summed E-state index contributed by atoms with van der Waals surface area (Å²) in [7, 11) is -0.687. The Morgan fingerprint density at radius 2 is 2.11 bits per heavy atom. The summed E-state index contributed by atoms with van der Waals surface area (Å²) >= 11 is 6.32. The summed E-state index contributed by atoms with van der Waals surface area (Å²) in [5, 5.41) is 14.4. The number of allylic oxidation sites excluding steroid dienone is 1. The average molecular weight is 432 g/mol. The Balaban J connectivity index is 2.38. The van der Waals surface area contributed by atoms with Crippen molar-refractivity contribution in [2.24, 2.45) is 0 Å². The zero-order chi connectivity index (χ0) is 21.1. The minimum Gasteiger partial charge on any atom is -0.390 e. The fourth-order valence-corrected chi connectivity index (χ4v) is 4.04. The maximum Gasteiger partial charge on any atom is 0.242 e. The average Bonchev–Trinajstić information content (AvgIpc) is 2.90. The van der Waals surface area contributed by atoms with Crippen LogP contribution in [0.5, 0.6) is 0 Å². The maximum absolute atomic E-state index is 13.9. The standard InChI is InChI=1S/C18H24ClFN4O3S/c1-12-16(18(11-25)24(22-12)10-14(20)6-7-21)8-13-4-5-15(9-17(13)19)28(26,27)23(2)3/h4-6,9,25H,7-8,10-11,21H2,1-3H3/p+1/b14-6-. The largest absolute Gasteiger partial charge is 0.390 e. The minimum atomic E-state index is -3.59. The molecule has 1 aromatic heterocycles. The van der Waals surface area contributed by atoms with Gasteiger partial charge in [0.25, 0.3) is 0 Å². The summed E-state index contributed by atoms with van der Waals surface area (Å²) in [6.07, 6.45) is 1.70. The van der Waals surface area contributed by atoms with Gasteiger partial charge in [-0.1, -0.05) is 17.7 Å². The molecule has 2 aromatic rings. The van der Waals surface area contributed by atoms with E-state index in [1.807, 2.05) is 0 Å². The van der Waals surface area contributed by atoms with Crippen molar-refractivity contribution in [3.8, 4) is 0 Å². The molecule has 0 fully saturated rings. The first-order chi connectivity index (χ1) is 13.1. The molecular weight excluding hydrogens is 407 g/mol. The number of hydrogen-bond acceptors (Lipinski definition) is 4. The molecule has 0 bridgehead atoms. The van der Waals surface area contributed by atoms with Gasteiger partial charge in [0.05, 0.1) is 36.0 Å². The van der Waals surface area contributed by atoms with Crippen LogP contribution in [0.2, 0.25) is 5.02 Å². The van der Waals surface area contributed by atoms with Gasteiger partial charge in [0.15, 0.2) is 0 Å². The van der Waals surface area contributed by atoms with E-state index in [9.17, 15) is 17.9 Å². The van der Waals surface area contributed by atoms with Crippen LogP contribution in [0.1, 0.15) is 22.5 Å². The Morgan fingerprint density at radius 1 is 1.43 bits per heavy atom. The predicted molar refractivity (Wildman–Crippen MR) is 105 cm³/mol. The molecule has 0 atom stereocenters. The van der Waals surface area contributed by atoms with Gasteiger partial charge in [0.2, 0.25) is 10.0 Å². The van der Waals surface area contributed by atoms with Crippen molar-refractivity contribution in [2.45, 2.75) is 31.4 Å². The van der Waals surface area contributed by atoms with Crippen molar-refractivity contribution < 1.29 is 23.6 Å². The molecule has 2 rings (SSSR count). The van der Waals surface area contributed by atoms with Crippen molar-refractivity contribution in [1.29, 1.82) is 0 Å². The third-order valence-electron chi connectivity index (χ3n) is 4.35. The molecular formula is C18H25ClFN4O3S+. The molecule has 0 radical (unpaired) electrons. The van der Waals surface area contributed by atoms with Gasteiger partial charge < -0.3 is 10.8 Å². The van der Waals surface area contributed by atoms with Crippen LogP contribution in [-0.2, 0) is 29.6 Å². The lowest BCUT2D eigenvalue weighted by molar-refractivity contribution is -0.353. The molecule has 0 aliphatic heterocycles. The number of aliphatic hydroxyl groups is 1. The van der Waals surface area contributed by atoms with Gasteiger partial charge in [-0.25, -0.2) is 17.1 Å². The quantitative estimate of drug-likeness (QED) is 0.656. The van der Waals surface area contributed by atoms with E-state index in [-0.39, 0.29) is 23.9 Å². The Morgan fingerprint density at radius 3 is 2.64 bits per heavy atom. The number of aromatic nitrogens is 2. The second-order valence-corrected chi connectivity index (χ2v) is 9.04. The highest BCUT2D eigenvalue weighted by Gasteiger charge is 2.20.